The molecule has 0 saturated heterocycles. The van der Waals surface area contributed by atoms with Crippen molar-refractivity contribution in [2.75, 3.05) is 6.54 Å². The first kappa shape index (κ1) is 13.0. The number of carbonyl (C=O) groups excluding carboxylic acids is 1. The van der Waals surface area contributed by atoms with Gasteiger partial charge in [-0.1, -0.05) is 13.8 Å². The minimum absolute atomic E-state index is 0.169. The van der Waals surface area contributed by atoms with E-state index in [1.165, 1.54) is 0 Å². The van der Waals surface area contributed by atoms with Gasteiger partial charge in [0.15, 0.2) is 0 Å². The van der Waals surface area contributed by atoms with Crippen molar-refractivity contribution in [1.29, 1.82) is 5.26 Å². The molecule has 0 bridgehead atoms. The molecule has 1 aliphatic rings. The zero-order valence-corrected chi connectivity index (χ0v) is 9.99. The Morgan fingerprint density at radius 1 is 1.56 bits per heavy atom. The Morgan fingerprint density at radius 2 is 2.19 bits per heavy atom. The van der Waals surface area contributed by atoms with E-state index in [0.717, 1.165) is 6.42 Å². The fourth-order valence-electron chi connectivity index (χ4n) is 1.76. The Hall–Kier alpha value is -1.08. The molecule has 90 valence electrons. The van der Waals surface area contributed by atoms with Crippen LogP contribution in [0, 0.1) is 22.7 Å². The van der Waals surface area contributed by atoms with Gasteiger partial charge >= 0.3 is 0 Å². The lowest BCUT2D eigenvalue weighted by Gasteiger charge is -2.33. The molecule has 0 heterocycles. The van der Waals surface area contributed by atoms with Crippen molar-refractivity contribution in [1.82, 2.24) is 5.32 Å². The number of nitrogens with zero attached hydrogens (tertiary/aromatic N) is 1. The maximum atomic E-state index is 11.7. The van der Waals surface area contributed by atoms with E-state index in [4.69, 9.17) is 5.26 Å². The first-order valence-corrected chi connectivity index (χ1v) is 5.89. The normalized spacial score (nSPS) is 19.7. The van der Waals surface area contributed by atoms with Gasteiger partial charge in [0, 0.05) is 6.54 Å². The molecule has 1 saturated carbocycles. The minimum Gasteiger partial charge on any atom is -0.393 e. The fraction of sp³-hybridized carbons (Fsp3) is 0.833. The van der Waals surface area contributed by atoms with Crippen LogP contribution in [0.4, 0.5) is 0 Å². The lowest BCUT2D eigenvalue weighted by atomic mass is 9.69. The summed E-state index contributed by atoms with van der Waals surface area (Å²) in [6, 6.07) is 2.10. The predicted octanol–water partition coefficient (Wildman–Crippen LogP) is 1.20. The highest BCUT2D eigenvalue weighted by molar-refractivity contribution is 5.86. The summed E-state index contributed by atoms with van der Waals surface area (Å²) in [4.78, 5) is 11.7. The quantitative estimate of drug-likeness (QED) is 0.737. The minimum atomic E-state index is -0.775. The molecule has 0 spiro atoms. The highest BCUT2D eigenvalue weighted by atomic mass is 16.3. The van der Waals surface area contributed by atoms with Gasteiger partial charge in [-0.25, -0.2) is 0 Å². The van der Waals surface area contributed by atoms with Crippen molar-refractivity contribution in [2.45, 2.75) is 45.6 Å². The third-order valence-electron chi connectivity index (χ3n) is 3.35. The van der Waals surface area contributed by atoms with E-state index in [0.29, 0.717) is 25.8 Å². The molecule has 4 heteroatoms. The van der Waals surface area contributed by atoms with Crippen LogP contribution in [0.3, 0.4) is 0 Å². The van der Waals surface area contributed by atoms with Gasteiger partial charge < -0.3 is 10.4 Å². The maximum Gasteiger partial charge on any atom is 0.240 e. The van der Waals surface area contributed by atoms with Gasteiger partial charge in [-0.2, -0.15) is 5.26 Å². The molecule has 0 aromatic rings. The number of hydrogen-bond donors (Lipinski definition) is 2. The molecular weight excluding hydrogens is 204 g/mol. The molecule has 1 aliphatic carbocycles. The van der Waals surface area contributed by atoms with Crippen molar-refractivity contribution in [2.24, 2.45) is 11.3 Å². The van der Waals surface area contributed by atoms with E-state index < -0.39 is 5.41 Å². The molecule has 0 aliphatic heterocycles. The van der Waals surface area contributed by atoms with E-state index in [9.17, 15) is 9.90 Å². The van der Waals surface area contributed by atoms with Gasteiger partial charge in [-0.15, -0.1) is 0 Å². The highest BCUT2D eigenvalue weighted by Gasteiger charge is 2.44. The maximum absolute atomic E-state index is 11.7. The largest absolute Gasteiger partial charge is 0.393 e. The molecule has 1 unspecified atom stereocenters. The Kier molecular flexibility index (Phi) is 4.31. The number of aliphatic hydroxyl groups is 1. The topological polar surface area (TPSA) is 73.1 Å². The summed E-state index contributed by atoms with van der Waals surface area (Å²) < 4.78 is 0. The standard InChI is InChI=1S/C12H20N2O2/c1-9(2)10(15)4-7-14-11(16)12(8-13)5-3-6-12/h9-10,15H,3-7H2,1-2H3,(H,14,16). The van der Waals surface area contributed by atoms with Crippen molar-refractivity contribution < 1.29 is 9.90 Å². The first-order valence-electron chi connectivity index (χ1n) is 5.89. The summed E-state index contributed by atoms with van der Waals surface area (Å²) in [6.07, 6.45) is 2.45. The van der Waals surface area contributed by atoms with Crippen LogP contribution in [-0.4, -0.2) is 23.7 Å². The van der Waals surface area contributed by atoms with Gasteiger partial charge in [0.2, 0.25) is 5.91 Å². The molecule has 16 heavy (non-hydrogen) atoms. The Balaban J connectivity index is 2.28. The van der Waals surface area contributed by atoms with Crippen LogP contribution in [0.1, 0.15) is 39.5 Å². The number of hydrogen-bond acceptors (Lipinski definition) is 3. The predicted molar refractivity (Wildman–Crippen MR) is 60.4 cm³/mol. The van der Waals surface area contributed by atoms with Gasteiger partial charge in [0.25, 0.3) is 0 Å². The van der Waals surface area contributed by atoms with Gasteiger partial charge in [0.05, 0.1) is 12.2 Å². The number of amides is 1. The molecule has 1 amide bonds. The molecule has 0 radical (unpaired) electrons. The van der Waals surface area contributed by atoms with Crippen molar-refractivity contribution in [3.05, 3.63) is 0 Å². The molecular formula is C12H20N2O2. The average Bonchev–Trinajstić information content (AvgIpc) is 2.16. The molecule has 0 aromatic carbocycles. The van der Waals surface area contributed by atoms with Gasteiger partial charge in [0.1, 0.15) is 5.41 Å². The Bertz CT molecular complexity index is 290. The SMILES string of the molecule is CC(C)C(O)CCNC(=O)C1(C#N)CCC1. The van der Waals surface area contributed by atoms with Crippen LogP contribution >= 0.6 is 0 Å². The molecule has 2 N–H and O–H groups in total. The van der Waals surface area contributed by atoms with E-state index in [1.54, 1.807) is 0 Å². The Morgan fingerprint density at radius 3 is 2.56 bits per heavy atom. The zero-order valence-electron chi connectivity index (χ0n) is 9.99. The fourth-order valence-corrected chi connectivity index (χ4v) is 1.76. The van der Waals surface area contributed by atoms with Crippen LogP contribution < -0.4 is 5.32 Å². The monoisotopic (exact) mass is 224 g/mol. The summed E-state index contributed by atoms with van der Waals surface area (Å²) in [5.41, 5.74) is -0.775. The number of rotatable bonds is 5. The van der Waals surface area contributed by atoms with E-state index in [2.05, 4.69) is 11.4 Å². The second-order valence-electron chi connectivity index (χ2n) is 4.90. The number of nitriles is 1. The van der Waals surface area contributed by atoms with Crippen LogP contribution in [0.15, 0.2) is 0 Å². The van der Waals surface area contributed by atoms with Crippen LogP contribution in [0.25, 0.3) is 0 Å². The van der Waals surface area contributed by atoms with Crippen molar-refractivity contribution in [3.8, 4) is 6.07 Å². The van der Waals surface area contributed by atoms with Gasteiger partial charge in [-0.05, 0) is 31.6 Å². The Labute approximate surface area is 96.6 Å². The van der Waals surface area contributed by atoms with E-state index in [1.807, 2.05) is 13.8 Å². The van der Waals surface area contributed by atoms with Crippen molar-refractivity contribution >= 4 is 5.91 Å². The molecule has 0 aromatic heterocycles. The van der Waals surface area contributed by atoms with Crippen molar-refractivity contribution in [3.63, 3.8) is 0 Å². The lowest BCUT2D eigenvalue weighted by Crippen LogP contribution is -2.45. The number of carbonyl (C=O) groups is 1. The summed E-state index contributed by atoms with van der Waals surface area (Å²) in [6.45, 7) is 4.33. The second kappa shape index (κ2) is 5.31. The number of nitrogens with one attached hydrogen (secondary N) is 1. The van der Waals surface area contributed by atoms with Crippen LogP contribution in [0.2, 0.25) is 0 Å². The third-order valence-corrected chi connectivity index (χ3v) is 3.35. The summed E-state index contributed by atoms with van der Waals surface area (Å²) in [5, 5.41) is 21.2. The molecule has 4 nitrogen and oxygen atoms in total. The second-order valence-corrected chi connectivity index (χ2v) is 4.90. The first-order chi connectivity index (χ1) is 7.52. The average molecular weight is 224 g/mol. The summed E-state index contributed by atoms with van der Waals surface area (Å²) >= 11 is 0. The zero-order chi connectivity index (χ0) is 12.2. The summed E-state index contributed by atoms with van der Waals surface area (Å²) in [5.74, 6) is 0.0303. The van der Waals surface area contributed by atoms with Gasteiger partial charge in [-0.3, -0.25) is 4.79 Å². The molecule has 1 atom stereocenters. The van der Waals surface area contributed by atoms with Crippen LogP contribution in [0.5, 0.6) is 0 Å². The smallest absolute Gasteiger partial charge is 0.240 e. The number of aliphatic hydroxyl groups excluding tert-OH is 1. The van der Waals surface area contributed by atoms with Crippen LogP contribution in [-0.2, 0) is 4.79 Å². The third kappa shape index (κ3) is 2.73. The molecule has 1 rings (SSSR count). The highest BCUT2D eigenvalue weighted by Crippen LogP contribution is 2.40. The molecule has 1 fully saturated rings. The lowest BCUT2D eigenvalue weighted by molar-refractivity contribution is -0.131. The summed E-state index contributed by atoms with van der Waals surface area (Å²) in [7, 11) is 0. The van der Waals surface area contributed by atoms with E-state index >= 15 is 0 Å². The van der Waals surface area contributed by atoms with E-state index in [-0.39, 0.29) is 17.9 Å².